The van der Waals surface area contributed by atoms with Crippen LogP contribution in [0, 0.1) is 0 Å². The molecule has 0 saturated carbocycles. The number of thiophene rings is 1. The highest BCUT2D eigenvalue weighted by molar-refractivity contribution is 7.09. The van der Waals surface area contributed by atoms with Gasteiger partial charge in [-0.3, -0.25) is 4.79 Å². The summed E-state index contributed by atoms with van der Waals surface area (Å²) in [6.07, 6.45) is 4.44. The Bertz CT molecular complexity index is 394. The van der Waals surface area contributed by atoms with Crippen LogP contribution < -0.4 is 0 Å². The van der Waals surface area contributed by atoms with Gasteiger partial charge >= 0.3 is 0 Å². The molecular formula is C13H17NOS. The van der Waals surface area contributed by atoms with Crippen molar-refractivity contribution in [2.45, 2.75) is 32.2 Å². The van der Waals surface area contributed by atoms with Gasteiger partial charge in [-0.05, 0) is 24.8 Å². The van der Waals surface area contributed by atoms with Gasteiger partial charge in [0.1, 0.15) is 0 Å². The summed E-state index contributed by atoms with van der Waals surface area (Å²) in [5.41, 5.74) is 1.19. The van der Waals surface area contributed by atoms with Crippen LogP contribution in [0.4, 0.5) is 0 Å². The zero-order chi connectivity index (χ0) is 11.5. The molecule has 1 atom stereocenters. The molecule has 1 heterocycles. The zero-order valence-corrected chi connectivity index (χ0v) is 10.6. The first-order valence-corrected chi connectivity index (χ1v) is 6.53. The van der Waals surface area contributed by atoms with E-state index in [4.69, 9.17) is 0 Å². The van der Waals surface area contributed by atoms with Crippen LogP contribution in [0.25, 0.3) is 0 Å². The van der Waals surface area contributed by atoms with Crippen LogP contribution in [-0.2, 0) is 11.2 Å². The van der Waals surface area contributed by atoms with Crippen LogP contribution in [0.3, 0.4) is 0 Å². The number of hydrogen-bond donors (Lipinski definition) is 0. The Labute approximate surface area is 101 Å². The zero-order valence-electron chi connectivity index (χ0n) is 9.77. The maximum atomic E-state index is 11.2. The van der Waals surface area contributed by atoms with Gasteiger partial charge in [0.25, 0.3) is 0 Å². The summed E-state index contributed by atoms with van der Waals surface area (Å²) in [6, 6.07) is 4.71. The number of likely N-dealkylation sites (N-methyl/N-ethyl adjacent to an activating group) is 1. The fourth-order valence-corrected chi connectivity index (χ4v) is 2.83. The molecule has 0 saturated heterocycles. The molecule has 1 aromatic rings. The summed E-state index contributed by atoms with van der Waals surface area (Å²) in [7, 11) is 2.09. The minimum Gasteiger partial charge on any atom is -0.375 e. The largest absolute Gasteiger partial charge is 0.375 e. The number of allylic oxidation sites excluding steroid dienone is 2. The first-order chi connectivity index (χ1) is 7.66. The second kappa shape index (κ2) is 4.83. The third-order valence-corrected chi connectivity index (χ3v) is 4.04. The summed E-state index contributed by atoms with van der Waals surface area (Å²) in [5, 5.41) is 2.11. The van der Waals surface area contributed by atoms with Crippen molar-refractivity contribution in [3.63, 3.8) is 0 Å². The summed E-state index contributed by atoms with van der Waals surface area (Å²) in [4.78, 5) is 14.8. The molecule has 0 N–H and O–H groups in total. The molecular weight excluding hydrogens is 218 g/mol. The Morgan fingerprint density at radius 3 is 2.88 bits per heavy atom. The van der Waals surface area contributed by atoms with E-state index in [-0.39, 0.29) is 5.78 Å². The van der Waals surface area contributed by atoms with E-state index >= 15 is 0 Å². The molecule has 1 unspecified atom stereocenters. The lowest BCUT2D eigenvalue weighted by Crippen LogP contribution is -2.29. The fraction of sp³-hybridized carbons (Fsp3) is 0.462. The number of ketones is 1. The fourth-order valence-electron chi connectivity index (χ4n) is 2.00. The molecule has 16 heavy (non-hydrogen) atoms. The lowest BCUT2D eigenvalue weighted by atomic mass is 10.1. The van der Waals surface area contributed by atoms with Crippen LogP contribution in [0.15, 0.2) is 29.3 Å². The van der Waals surface area contributed by atoms with E-state index in [9.17, 15) is 4.79 Å². The summed E-state index contributed by atoms with van der Waals surface area (Å²) < 4.78 is 0. The Hall–Kier alpha value is -1.09. The third kappa shape index (κ3) is 2.53. The highest BCUT2D eigenvalue weighted by atomic mass is 32.1. The van der Waals surface area contributed by atoms with Crippen LogP contribution in [0.1, 0.15) is 24.6 Å². The summed E-state index contributed by atoms with van der Waals surface area (Å²) in [6.45, 7) is 2.21. The van der Waals surface area contributed by atoms with Gasteiger partial charge in [-0.15, -0.1) is 11.3 Å². The van der Waals surface area contributed by atoms with Crippen molar-refractivity contribution < 1.29 is 4.79 Å². The molecule has 3 heteroatoms. The normalized spacial score (nSPS) is 17.4. The van der Waals surface area contributed by atoms with Crippen LogP contribution >= 0.6 is 11.3 Å². The second-order valence-corrected chi connectivity index (χ2v) is 5.38. The second-order valence-electron chi connectivity index (χ2n) is 4.35. The lowest BCUT2D eigenvalue weighted by molar-refractivity contribution is -0.114. The number of nitrogens with zero attached hydrogens (tertiary/aromatic N) is 1. The van der Waals surface area contributed by atoms with E-state index < -0.39 is 0 Å². The molecule has 86 valence electrons. The Kier molecular flexibility index (Phi) is 3.44. The molecule has 0 spiro atoms. The van der Waals surface area contributed by atoms with Gasteiger partial charge in [-0.25, -0.2) is 0 Å². The molecule has 0 aliphatic heterocycles. The summed E-state index contributed by atoms with van der Waals surface area (Å²) in [5.74, 6) is 0.269. The van der Waals surface area contributed by atoms with Crippen molar-refractivity contribution in [1.82, 2.24) is 4.90 Å². The Morgan fingerprint density at radius 1 is 1.50 bits per heavy atom. The average molecular weight is 235 g/mol. The predicted molar refractivity (Wildman–Crippen MR) is 67.6 cm³/mol. The van der Waals surface area contributed by atoms with E-state index in [0.717, 1.165) is 12.8 Å². The molecule has 1 aliphatic rings. The first-order valence-electron chi connectivity index (χ1n) is 5.65. The van der Waals surface area contributed by atoms with Crippen LogP contribution in [-0.4, -0.2) is 23.8 Å². The van der Waals surface area contributed by atoms with E-state index in [1.165, 1.54) is 10.6 Å². The monoisotopic (exact) mass is 235 g/mol. The minimum absolute atomic E-state index is 0.269. The molecule has 1 aliphatic carbocycles. The van der Waals surface area contributed by atoms with E-state index in [1.807, 2.05) is 0 Å². The highest BCUT2D eigenvalue weighted by Crippen LogP contribution is 2.22. The maximum absolute atomic E-state index is 11.2. The Balaban J connectivity index is 1.97. The quantitative estimate of drug-likeness (QED) is 0.800. The lowest BCUT2D eigenvalue weighted by Gasteiger charge is -2.27. The van der Waals surface area contributed by atoms with E-state index in [0.29, 0.717) is 12.5 Å². The van der Waals surface area contributed by atoms with E-state index in [2.05, 4.69) is 36.4 Å². The van der Waals surface area contributed by atoms with Crippen molar-refractivity contribution >= 4 is 17.1 Å². The minimum atomic E-state index is 0.269. The van der Waals surface area contributed by atoms with Gasteiger partial charge in [0.2, 0.25) is 0 Å². The van der Waals surface area contributed by atoms with Gasteiger partial charge in [0.05, 0.1) is 0 Å². The van der Waals surface area contributed by atoms with Gasteiger partial charge in [-0.2, -0.15) is 0 Å². The number of carbonyl (C=O) groups excluding carboxylic acids is 1. The summed E-state index contributed by atoms with van der Waals surface area (Å²) >= 11 is 1.80. The topological polar surface area (TPSA) is 20.3 Å². The molecule has 0 radical (unpaired) electrons. The van der Waals surface area contributed by atoms with Crippen molar-refractivity contribution in [3.05, 3.63) is 34.2 Å². The number of carbonyl (C=O) groups is 1. The standard InChI is InChI=1S/C13H17NOS/c1-10(8-13-4-3-7-16-13)14(2)11-5-6-12(15)9-11/h3-4,7,9-10H,5-6,8H2,1-2H3. The molecule has 2 rings (SSSR count). The molecule has 0 fully saturated rings. The van der Waals surface area contributed by atoms with Gasteiger partial charge in [0.15, 0.2) is 5.78 Å². The molecule has 0 aromatic carbocycles. The highest BCUT2D eigenvalue weighted by Gasteiger charge is 2.19. The van der Waals surface area contributed by atoms with Crippen molar-refractivity contribution in [1.29, 1.82) is 0 Å². The molecule has 0 bridgehead atoms. The van der Waals surface area contributed by atoms with Crippen LogP contribution in [0.2, 0.25) is 0 Å². The predicted octanol–water partition coefficient (Wildman–Crippen LogP) is 2.86. The number of hydrogen-bond acceptors (Lipinski definition) is 3. The van der Waals surface area contributed by atoms with Gasteiger partial charge in [-0.1, -0.05) is 6.07 Å². The van der Waals surface area contributed by atoms with E-state index in [1.54, 1.807) is 17.4 Å². The first kappa shape index (κ1) is 11.4. The van der Waals surface area contributed by atoms with Crippen molar-refractivity contribution in [2.24, 2.45) is 0 Å². The van der Waals surface area contributed by atoms with Gasteiger partial charge < -0.3 is 4.90 Å². The maximum Gasteiger partial charge on any atom is 0.157 e. The molecule has 1 aromatic heterocycles. The molecule has 2 nitrogen and oxygen atoms in total. The Morgan fingerprint density at radius 2 is 2.31 bits per heavy atom. The van der Waals surface area contributed by atoms with Gasteiger partial charge in [0, 0.05) is 42.6 Å². The SMILES string of the molecule is CC(Cc1cccs1)N(C)C1=CC(=O)CC1. The van der Waals surface area contributed by atoms with Crippen molar-refractivity contribution in [2.75, 3.05) is 7.05 Å². The van der Waals surface area contributed by atoms with Crippen molar-refractivity contribution in [3.8, 4) is 0 Å². The van der Waals surface area contributed by atoms with Crippen LogP contribution in [0.5, 0.6) is 0 Å². The smallest absolute Gasteiger partial charge is 0.157 e. The average Bonchev–Trinajstić information content (AvgIpc) is 2.88. The third-order valence-electron chi connectivity index (χ3n) is 3.15. The number of rotatable bonds is 4. The molecule has 0 amide bonds.